The predicted octanol–water partition coefficient (Wildman–Crippen LogP) is 4.96. The van der Waals surface area contributed by atoms with E-state index in [1.54, 1.807) is 29.5 Å². The number of nitrogens with zero attached hydrogens (tertiary/aromatic N) is 3. The number of hydrogen-bond acceptors (Lipinski definition) is 5. The quantitative estimate of drug-likeness (QED) is 0.448. The molecule has 0 aliphatic heterocycles. The molecular formula is C21H20FN3OS2. The number of aromatic nitrogens is 2. The molecule has 4 rings (SSSR count). The van der Waals surface area contributed by atoms with Crippen LogP contribution in [0.3, 0.4) is 0 Å². The van der Waals surface area contributed by atoms with Crippen LogP contribution in [0.1, 0.15) is 30.7 Å². The average molecular weight is 414 g/mol. The highest BCUT2D eigenvalue weighted by atomic mass is 32.2. The van der Waals surface area contributed by atoms with Crippen LogP contribution in [0.2, 0.25) is 0 Å². The summed E-state index contributed by atoms with van der Waals surface area (Å²) in [6.45, 7) is 4.05. The predicted molar refractivity (Wildman–Crippen MR) is 112 cm³/mol. The lowest BCUT2D eigenvalue weighted by molar-refractivity contribution is 0.509. The molecule has 0 N–H and O–H groups in total. The number of fused-ring (bicyclic) bond motifs is 3. The maximum atomic E-state index is 14.6. The van der Waals surface area contributed by atoms with Gasteiger partial charge in [-0.05, 0) is 49.8 Å². The first-order chi connectivity index (χ1) is 13.5. The van der Waals surface area contributed by atoms with Gasteiger partial charge in [-0.1, -0.05) is 30.8 Å². The summed E-state index contributed by atoms with van der Waals surface area (Å²) >= 11 is 2.91. The van der Waals surface area contributed by atoms with E-state index in [0.29, 0.717) is 22.2 Å². The summed E-state index contributed by atoms with van der Waals surface area (Å²) in [6.07, 6.45) is 2.88. The molecule has 1 aliphatic rings. The topological polar surface area (TPSA) is 58.7 Å². The number of hydrogen-bond donors (Lipinski definition) is 0. The second-order valence-electron chi connectivity index (χ2n) is 7.36. The highest BCUT2D eigenvalue weighted by Crippen LogP contribution is 2.37. The zero-order valence-corrected chi connectivity index (χ0v) is 17.4. The SMILES string of the molecule is C[C@@H]1CCc2c(sc3nc(SC[C@@H](C)C#N)n(-c4ccccc4F)c(=O)c23)C1. The monoisotopic (exact) mass is 413 g/mol. The lowest BCUT2D eigenvalue weighted by Gasteiger charge is -2.18. The van der Waals surface area contributed by atoms with Crippen LogP contribution >= 0.6 is 23.1 Å². The fraction of sp³-hybridized carbons (Fsp3) is 0.381. The number of halogens is 1. The van der Waals surface area contributed by atoms with Gasteiger partial charge < -0.3 is 0 Å². The van der Waals surface area contributed by atoms with E-state index in [0.717, 1.165) is 29.7 Å². The Morgan fingerprint density at radius 2 is 2.25 bits per heavy atom. The van der Waals surface area contributed by atoms with Gasteiger partial charge in [0.1, 0.15) is 10.6 Å². The van der Waals surface area contributed by atoms with Crippen molar-refractivity contribution in [2.45, 2.75) is 38.3 Å². The average Bonchev–Trinajstić information content (AvgIpc) is 3.04. The molecule has 1 aromatic carbocycles. The molecule has 0 saturated carbocycles. The zero-order chi connectivity index (χ0) is 19.8. The molecular weight excluding hydrogens is 393 g/mol. The van der Waals surface area contributed by atoms with Crippen molar-refractivity contribution in [3.05, 3.63) is 50.9 Å². The van der Waals surface area contributed by atoms with E-state index in [-0.39, 0.29) is 17.2 Å². The van der Waals surface area contributed by atoms with E-state index in [9.17, 15) is 9.18 Å². The van der Waals surface area contributed by atoms with Gasteiger partial charge in [0.2, 0.25) is 0 Å². The summed E-state index contributed by atoms with van der Waals surface area (Å²) in [7, 11) is 0. The number of rotatable bonds is 4. The van der Waals surface area contributed by atoms with Gasteiger partial charge in [-0.2, -0.15) is 5.26 Å². The van der Waals surface area contributed by atoms with Crippen LogP contribution in [0.25, 0.3) is 15.9 Å². The number of thioether (sulfide) groups is 1. The molecule has 144 valence electrons. The van der Waals surface area contributed by atoms with Gasteiger partial charge in [0.05, 0.1) is 23.1 Å². The van der Waals surface area contributed by atoms with Crippen LogP contribution in [0, 0.1) is 29.0 Å². The number of para-hydroxylation sites is 1. The van der Waals surface area contributed by atoms with Crippen molar-refractivity contribution < 1.29 is 4.39 Å². The molecule has 0 radical (unpaired) electrons. The summed E-state index contributed by atoms with van der Waals surface area (Å²) in [5.74, 6) is 0.438. The van der Waals surface area contributed by atoms with E-state index in [1.807, 2.05) is 6.92 Å². The Bertz CT molecular complexity index is 1140. The maximum Gasteiger partial charge on any atom is 0.267 e. The molecule has 0 amide bonds. The summed E-state index contributed by atoms with van der Waals surface area (Å²) in [6, 6.07) is 8.46. The Hall–Kier alpha value is -2.17. The van der Waals surface area contributed by atoms with E-state index in [2.05, 4.69) is 13.0 Å². The molecule has 0 fully saturated rings. The molecule has 28 heavy (non-hydrogen) atoms. The van der Waals surface area contributed by atoms with Crippen LogP contribution in [0.5, 0.6) is 0 Å². The molecule has 2 heterocycles. The maximum absolute atomic E-state index is 14.6. The lowest BCUT2D eigenvalue weighted by atomic mass is 9.89. The Kier molecular flexibility index (Phi) is 5.26. The second kappa shape index (κ2) is 7.69. The number of benzene rings is 1. The van der Waals surface area contributed by atoms with Crippen LogP contribution in [0.15, 0.2) is 34.2 Å². The first-order valence-corrected chi connectivity index (χ1v) is 11.1. The molecule has 2 atom stereocenters. The highest BCUT2D eigenvalue weighted by Gasteiger charge is 2.25. The van der Waals surface area contributed by atoms with Crippen molar-refractivity contribution in [3.63, 3.8) is 0 Å². The zero-order valence-electron chi connectivity index (χ0n) is 15.7. The van der Waals surface area contributed by atoms with Gasteiger partial charge in [0.15, 0.2) is 5.16 Å². The fourth-order valence-corrected chi connectivity index (χ4v) is 5.92. The molecule has 4 nitrogen and oxygen atoms in total. The van der Waals surface area contributed by atoms with E-state index in [4.69, 9.17) is 10.2 Å². The lowest BCUT2D eigenvalue weighted by Crippen LogP contribution is -2.23. The van der Waals surface area contributed by atoms with E-state index < -0.39 is 5.82 Å². The van der Waals surface area contributed by atoms with Crippen LogP contribution < -0.4 is 5.56 Å². The summed E-state index contributed by atoms with van der Waals surface area (Å²) in [5, 5.41) is 10.2. The van der Waals surface area contributed by atoms with Crippen LogP contribution in [-0.4, -0.2) is 15.3 Å². The summed E-state index contributed by atoms with van der Waals surface area (Å²) in [5.41, 5.74) is 1.08. The Balaban J connectivity index is 1.96. The molecule has 2 aromatic heterocycles. The summed E-state index contributed by atoms with van der Waals surface area (Å²) < 4.78 is 16.0. The molecule has 7 heteroatoms. The minimum Gasteiger partial charge on any atom is -0.268 e. The Morgan fingerprint density at radius 3 is 3.00 bits per heavy atom. The number of thiophene rings is 1. The van der Waals surface area contributed by atoms with Crippen molar-refractivity contribution in [2.75, 3.05) is 5.75 Å². The largest absolute Gasteiger partial charge is 0.268 e. The smallest absolute Gasteiger partial charge is 0.267 e. The van der Waals surface area contributed by atoms with Crippen molar-refractivity contribution >= 4 is 33.3 Å². The van der Waals surface area contributed by atoms with Gasteiger partial charge in [-0.15, -0.1) is 11.3 Å². The molecule has 1 aliphatic carbocycles. The van der Waals surface area contributed by atoms with Crippen molar-refractivity contribution in [1.29, 1.82) is 5.26 Å². The van der Waals surface area contributed by atoms with Gasteiger partial charge in [-0.25, -0.2) is 9.37 Å². The highest BCUT2D eigenvalue weighted by molar-refractivity contribution is 7.99. The minimum absolute atomic E-state index is 0.191. The molecule has 0 bridgehead atoms. The number of nitriles is 1. The molecule has 0 saturated heterocycles. The third-order valence-electron chi connectivity index (χ3n) is 5.07. The molecule has 0 spiro atoms. The van der Waals surface area contributed by atoms with Crippen LogP contribution in [0.4, 0.5) is 4.39 Å². The first-order valence-electron chi connectivity index (χ1n) is 9.34. The van der Waals surface area contributed by atoms with E-state index >= 15 is 0 Å². The van der Waals surface area contributed by atoms with Gasteiger partial charge in [0, 0.05) is 10.6 Å². The standard InChI is InChI=1S/C21H20FN3OS2/c1-12-7-8-14-17(9-12)28-19-18(14)20(26)25(16-6-4-3-5-15(16)22)21(24-19)27-11-13(2)10-23/h3-6,12-13H,7-9,11H2,1-2H3/t12-,13+/m1/s1. The first kappa shape index (κ1) is 19.2. The Morgan fingerprint density at radius 1 is 1.46 bits per heavy atom. The fourth-order valence-electron chi connectivity index (χ4n) is 3.55. The molecule has 0 unspecified atom stereocenters. The molecule has 3 aromatic rings. The van der Waals surface area contributed by atoms with Crippen molar-refractivity contribution in [1.82, 2.24) is 9.55 Å². The normalized spacial score (nSPS) is 17.3. The number of aryl methyl sites for hydroxylation is 1. The van der Waals surface area contributed by atoms with Crippen molar-refractivity contribution in [2.24, 2.45) is 11.8 Å². The Labute approximate surface area is 171 Å². The van der Waals surface area contributed by atoms with Crippen molar-refractivity contribution in [3.8, 4) is 11.8 Å². The van der Waals surface area contributed by atoms with E-state index in [1.165, 1.54) is 27.3 Å². The van der Waals surface area contributed by atoms with Gasteiger partial charge in [-0.3, -0.25) is 9.36 Å². The van der Waals surface area contributed by atoms with Gasteiger partial charge >= 0.3 is 0 Å². The van der Waals surface area contributed by atoms with Gasteiger partial charge in [0.25, 0.3) is 5.56 Å². The third kappa shape index (κ3) is 3.36. The summed E-state index contributed by atoms with van der Waals surface area (Å²) in [4.78, 5) is 20.2. The minimum atomic E-state index is -0.460. The third-order valence-corrected chi connectivity index (χ3v) is 7.42. The second-order valence-corrected chi connectivity index (χ2v) is 9.43. The van der Waals surface area contributed by atoms with Crippen LogP contribution in [-0.2, 0) is 12.8 Å².